The summed E-state index contributed by atoms with van der Waals surface area (Å²) in [4.78, 5) is 5.29. The Kier molecular flexibility index (Phi) is 7.81. The van der Waals surface area contributed by atoms with Crippen LogP contribution in [-0.4, -0.2) is 5.71 Å². The Bertz CT molecular complexity index is 2360. The largest absolute Gasteiger partial charge is 0.464 e. The summed E-state index contributed by atoms with van der Waals surface area (Å²) in [7, 11) is -0.573. The van der Waals surface area contributed by atoms with E-state index in [0.717, 1.165) is 46.8 Å². The lowest BCUT2D eigenvalue weighted by Crippen LogP contribution is -2.20. The number of ether oxygens (including phenoxy) is 1. The number of nitrogens with zero attached hydrogens (tertiary/aromatic N) is 1. The fourth-order valence-corrected chi connectivity index (χ4v) is 10.7. The highest BCUT2D eigenvalue weighted by Gasteiger charge is 2.36. The zero-order valence-corrected chi connectivity index (χ0v) is 29.6. The van der Waals surface area contributed by atoms with Crippen molar-refractivity contribution in [1.29, 1.82) is 0 Å². The standard InChI is InChI=1S/C48H37N2OP/c1-4-12-34(13-5-1)48-50-47-44(51-48)29-28-42-45(47)41-18-10-11-19-43(41)49-46(42)33-22-20-32(21-23-33)35-24-25-37-31-40(27-26-36(37)30-35)52(38-14-6-2-7-15-38)39-16-8-3-9-17-39/h1-17,19-30,37,41,48,50H,18,31H2. The number of allylic oxidation sites excluding steroid dienone is 12. The molecule has 0 radical (unpaired) electrons. The Labute approximate surface area is 306 Å². The highest BCUT2D eigenvalue weighted by atomic mass is 31.1. The van der Waals surface area contributed by atoms with Crippen molar-refractivity contribution >= 4 is 35.5 Å². The van der Waals surface area contributed by atoms with Crippen LogP contribution >= 0.6 is 7.92 Å². The van der Waals surface area contributed by atoms with E-state index in [1.165, 1.54) is 43.8 Å². The van der Waals surface area contributed by atoms with E-state index in [4.69, 9.17) is 9.73 Å². The van der Waals surface area contributed by atoms with Crippen molar-refractivity contribution in [1.82, 2.24) is 0 Å². The van der Waals surface area contributed by atoms with Crippen LogP contribution in [0.3, 0.4) is 0 Å². The average Bonchev–Trinajstić information content (AvgIpc) is 3.67. The highest BCUT2D eigenvalue weighted by Crippen LogP contribution is 2.51. The van der Waals surface area contributed by atoms with Crippen molar-refractivity contribution in [3.05, 3.63) is 220 Å². The molecule has 2 heterocycles. The van der Waals surface area contributed by atoms with Gasteiger partial charge in [-0.1, -0.05) is 158 Å². The van der Waals surface area contributed by atoms with Gasteiger partial charge in [-0.25, -0.2) is 0 Å². The molecule has 4 heteroatoms. The molecule has 250 valence electrons. The third-order valence-electron chi connectivity index (χ3n) is 10.8. The Morgan fingerprint density at radius 3 is 2.17 bits per heavy atom. The Morgan fingerprint density at radius 2 is 1.42 bits per heavy atom. The molecular weight excluding hydrogens is 652 g/mol. The molecule has 10 rings (SSSR count). The maximum atomic E-state index is 6.45. The lowest BCUT2D eigenvalue weighted by Gasteiger charge is -2.30. The minimum atomic E-state index is -0.573. The minimum absolute atomic E-state index is 0.198. The van der Waals surface area contributed by atoms with Crippen LogP contribution in [0.15, 0.2) is 198 Å². The predicted molar refractivity (Wildman–Crippen MR) is 217 cm³/mol. The van der Waals surface area contributed by atoms with Crippen LogP contribution in [0.1, 0.15) is 52.8 Å². The number of anilines is 1. The zero-order chi connectivity index (χ0) is 34.4. The first-order chi connectivity index (χ1) is 25.8. The molecule has 3 atom stereocenters. The third kappa shape index (κ3) is 5.54. The summed E-state index contributed by atoms with van der Waals surface area (Å²) in [5.74, 6) is 1.49. The minimum Gasteiger partial charge on any atom is -0.464 e. The van der Waals surface area contributed by atoms with E-state index in [0.29, 0.717) is 5.92 Å². The number of nitrogens with one attached hydrogen (secondary N) is 1. The van der Waals surface area contributed by atoms with Crippen molar-refractivity contribution in [2.75, 3.05) is 5.32 Å². The number of hydrogen-bond donors (Lipinski definition) is 1. The first kappa shape index (κ1) is 31.0. The number of benzene rings is 5. The lowest BCUT2D eigenvalue weighted by molar-refractivity contribution is 0.260. The van der Waals surface area contributed by atoms with E-state index in [2.05, 4.69) is 175 Å². The molecule has 0 spiro atoms. The molecule has 3 nitrogen and oxygen atoms in total. The van der Waals surface area contributed by atoms with Gasteiger partial charge >= 0.3 is 0 Å². The molecule has 0 saturated heterocycles. The van der Waals surface area contributed by atoms with E-state index >= 15 is 0 Å². The van der Waals surface area contributed by atoms with Gasteiger partial charge in [0.15, 0.2) is 6.23 Å². The average molecular weight is 689 g/mol. The quantitative estimate of drug-likeness (QED) is 0.180. The van der Waals surface area contributed by atoms with Gasteiger partial charge < -0.3 is 10.1 Å². The molecule has 0 bridgehead atoms. The molecule has 0 amide bonds. The third-order valence-corrected chi connectivity index (χ3v) is 13.3. The summed E-state index contributed by atoms with van der Waals surface area (Å²) in [6.45, 7) is 0. The topological polar surface area (TPSA) is 33.6 Å². The van der Waals surface area contributed by atoms with Gasteiger partial charge in [-0.05, 0) is 77.2 Å². The van der Waals surface area contributed by atoms with Crippen LogP contribution < -0.4 is 20.7 Å². The van der Waals surface area contributed by atoms with Gasteiger partial charge in [0.1, 0.15) is 5.75 Å². The highest BCUT2D eigenvalue weighted by molar-refractivity contribution is 7.76. The number of rotatable bonds is 6. The van der Waals surface area contributed by atoms with Crippen LogP contribution in [0.5, 0.6) is 5.75 Å². The summed E-state index contributed by atoms with van der Waals surface area (Å²) in [5.41, 5.74) is 11.8. The lowest BCUT2D eigenvalue weighted by atomic mass is 9.80. The molecule has 0 saturated carbocycles. The number of fused-ring (bicyclic) bond motifs is 6. The summed E-state index contributed by atoms with van der Waals surface area (Å²) >= 11 is 0. The van der Waals surface area contributed by atoms with Crippen molar-refractivity contribution < 1.29 is 4.74 Å². The fraction of sp³-hybridized carbons (Fsp3) is 0.104. The van der Waals surface area contributed by atoms with Gasteiger partial charge in [0.25, 0.3) is 0 Å². The molecule has 5 aliphatic rings. The summed E-state index contributed by atoms with van der Waals surface area (Å²) in [6.07, 6.45) is 20.2. The Balaban J connectivity index is 0.949. The summed E-state index contributed by atoms with van der Waals surface area (Å²) in [5, 5.41) is 8.07. The summed E-state index contributed by atoms with van der Waals surface area (Å²) in [6, 6.07) is 45.7. The zero-order valence-electron chi connectivity index (χ0n) is 28.7. The van der Waals surface area contributed by atoms with Crippen LogP contribution in [0.2, 0.25) is 0 Å². The molecule has 52 heavy (non-hydrogen) atoms. The van der Waals surface area contributed by atoms with Crippen molar-refractivity contribution in [2.24, 2.45) is 10.9 Å². The smallest absolute Gasteiger partial charge is 0.196 e. The van der Waals surface area contributed by atoms with Crippen LogP contribution in [0.4, 0.5) is 5.69 Å². The van der Waals surface area contributed by atoms with Crippen molar-refractivity contribution in [3.8, 4) is 5.75 Å². The maximum Gasteiger partial charge on any atom is 0.196 e. The second-order valence-electron chi connectivity index (χ2n) is 13.9. The van der Waals surface area contributed by atoms with E-state index in [-0.39, 0.29) is 12.1 Å². The number of aliphatic imine (C=N–C) groups is 1. The molecule has 3 aliphatic carbocycles. The maximum absolute atomic E-state index is 6.45. The molecule has 0 aromatic heterocycles. The first-order valence-corrected chi connectivity index (χ1v) is 19.5. The molecular formula is C48H37N2OP. The van der Waals surface area contributed by atoms with Crippen LogP contribution in [-0.2, 0) is 0 Å². The van der Waals surface area contributed by atoms with E-state index in [9.17, 15) is 0 Å². The van der Waals surface area contributed by atoms with Crippen LogP contribution in [0, 0.1) is 5.92 Å². The molecule has 5 aromatic carbocycles. The molecule has 3 unspecified atom stereocenters. The fourth-order valence-electron chi connectivity index (χ4n) is 8.20. The molecule has 5 aromatic rings. The van der Waals surface area contributed by atoms with E-state index < -0.39 is 7.92 Å². The second-order valence-corrected chi connectivity index (χ2v) is 16.2. The molecule has 1 N–H and O–H groups in total. The van der Waals surface area contributed by atoms with Crippen molar-refractivity contribution in [3.63, 3.8) is 0 Å². The van der Waals surface area contributed by atoms with Crippen molar-refractivity contribution in [2.45, 2.75) is 25.0 Å². The molecule has 0 fully saturated rings. The van der Waals surface area contributed by atoms with Gasteiger partial charge in [0.05, 0.1) is 11.4 Å². The van der Waals surface area contributed by atoms with Gasteiger partial charge in [0, 0.05) is 34.2 Å². The SMILES string of the molecule is C1=CCC2C(=C1)N=C(c1ccc(C3=CC4=CC=C(P(c5ccccc5)c5ccccc5)CC4C=C3)cc1)c1ccc3c(c12)NC(c1ccccc1)O3. The van der Waals surface area contributed by atoms with E-state index in [1.54, 1.807) is 0 Å². The van der Waals surface area contributed by atoms with Gasteiger partial charge in [-0.15, -0.1) is 0 Å². The molecule has 2 aliphatic heterocycles. The summed E-state index contributed by atoms with van der Waals surface area (Å²) < 4.78 is 6.45. The van der Waals surface area contributed by atoms with E-state index in [1.807, 2.05) is 6.07 Å². The Morgan fingerprint density at radius 1 is 0.712 bits per heavy atom. The first-order valence-electron chi connectivity index (χ1n) is 18.2. The normalized spacial score (nSPS) is 20.9. The monoisotopic (exact) mass is 688 g/mol. The predicted octanol–water partition coefficient (Wildman–Crippen LogP) is 10.9. The van der Waals surface area contributed by atoms with Gasteiger partial charge in [0.2, 0.25) is 0 Å². The second kappa shape index (κ2) is 13.1. The Hall–Kier alpha value is -5.76. The van der Waals surface area contributed by atoms with Gasteiger partial charge in [-0.3, -0.25) is 4.99 Å². The van der Waals surface area contributed by atoms with Gasteiger partial charge in [-0.2, -0.15) is 0 Å². The van der Waals surface area contributed by atoms with Crippen LogP contribution in [0.25, 0.3) is 5.57 Å². The number of hydrogen-bond acceptors (Lipinski definition) is 3.